The van der Waals surface area contributed by atoms with Crippen molar-refractivity contribution in [2.75, 3.05) is 33.9 Å². The first-order chi connectivity index (χ1) is 13.6. The van der Waals surface area contributed by atoms with E-state index in [1.54, 1.807) is 14.2 Å². The molecule has 2 aromatic carbocycles. The summed E-state index contributed by atoms with van der Waals surface area (Å²) < 4.78 is 10.6. The van der Waals surface area contributed by atoms with Crippen molar-refractivity contribution in [2.45, 2.75) is 26.4 Å². The first-order valence-corrected chi connectivity index (χ1v) is 9.55. The zero-order chi connectivity index (χ0) is 20.4. The van der Waals surface area contributed by atoms with Crippen LogP contribution in [0.25, 0.3) is 0 Å². The first kappa shape index (κ1) is 21.6. The van der Waals surface area contributed by atoms with Crippen LogP contribution in [0.3, 0.4) is 0 Å². The molecule has 0 bridgehead atoms. The minimum Gasteiger partial charge on any atom is -0.497 e. The van der Waals surface area contributed by atoms with Crippen molar-refractivity contribution in [3.8, 4) is 11.5 Å². The van der Waals surface area contributed by atoms with Crippen LogP contribution in [0.15, 0.2) is 47.5 Å². The third-order valence-corrected chi connectivity index (χ3v) is 4.42. The summed E-state index contributed by atoms with van der Waals surface area (Å²) in [5.74, 6) is 2.31. The molecule has 0 aromatic heterocycles. The van der Waals surface area contributed by atoms with Gasteiger partial charge >= 0.3 is 0 Å². The van der Waals surface area contributed by atoms with Crippen LogP contribution in [0.5, 0.6) is 11.5 Å². The molecule has 0 aliphatic rings. The lowest BCUT2D eigenvalue weighted by Crippen LogP contribution is -2.38. The molecule has 28 heavy (non-hydrogen) atoms. The second-order valence-corrected chi connectivity index (χ2v) is 6.49. The van der Waals surface area contributed by atoms with Crippen LogP contribution in [0.1, 0.15) is 29.7 Å². The molecule has 2 aromatic rings. The smallest absolute Gasteiger partial charge is 0.191 e. The third kappa shape index (κ3) is 6.46. The van der Waals surface area contributed by atoms with Gasteiger partial charge < -0.3 is 25.2 Å². The number of aliphatic hydroxyl groups excluding tert-OH is 1. The van der Waals surface area contributed by atoms with Crippen LogP contribution in [-0.4, -0.2) is 44.9 Å². The number of hydrogen-bond donors (Lipinski definition) is 3. The molecule has 0 saturated carbocycles. The minimum atomic E-state index is -0.688. The Hall–Kier alpha value is -2.73. The molecule has 0 aliphatic carbocycles. The summed E-state index contributed by atoms with van der Waals surface area (Å²) in [5, 5.41) is 16.9. The molecule has 0 amide bonds. The molecule has 1 atom stereocenters. The molecular formula is C22H31N3O3. The van der Waals surface area contributed by atoms with Crippen molar-refractivity contribution in [3.63, 3.8) is 0 Å². The number of aryl methyl sites for hydroxylation is 1. The van der Waals surface area contributed by atoms with E-state index in [-0.39, 0.29) is 6.54 Å². The lowest BCUT2D eigenvalue weighted by atomic mass is 10.1. The SMILES string of the molecule is CCNC(=NCC(O)c1cccc(OC)c1)NCCc1ccc(C)c(OC)c1. The highest BCUT2D eigenvalue weighted by atomic mass is 16.5. The normalized spacial score (nSPS) is 12.4. The molecule has 0 saturated heterocycles. The fraction of sp³-hybridized carbons (Fsp3) is 0.409. The Balaban J connectivity index is 1.92. The highest BCUT2D eigenvalue weighted by Crippen LogP contribution is 2.20. The number of ether oxygens (including phenoxy) is 2. The number of methoxy groups -OCH3 is 2. The maximum Gasteiger partial charge on any atom is 0.191 e. The number of nitrogens with one attached hydrogen (secondary N) is 2. The predicted octanol–water partition coefficient (Wildman–Crippen LogP) is 2.84. The topological polar surface area (TPSA) is 75.1 Å². The lowest BCUT2D eigenvalue weighted by Gasteiger charge is -2.14. The highest BCUT2D eigenvalue weighted by Gasteiger charge is 2.09. The van der Waals surface area contributed by atoms with E-state index in [1.165, 1.54) is 5.56 Å². The second-order valence-electron chi connectivity index (χ2n) is 6.49. The Morgan fingerprint density at radius 1 is 1.11 bits per heavy atom. The number of nitrogens with zero attached hydrogens (tertiary/aromatic N) is 1. The molecule has 3 N–H and O–H groups in total. The van der Waals surface area contributed by atoms with Gasteiger partial charge in [0, 0.05) is 13.1 Å². The van der Waals surface area contributed by atoms with E-state index in [4.69, 9.17) is 9.47 Å². The van der Waals surface area contributed by atoms with Crippen LogP contribution in [0, 0.1) is 6.92 Å². The first-order valence-electron chi connectivity index (χ1n) is 9.55. The van der Waals surface area contributed by atoms with E-state index in [0.29, 0.717) is 5.96 Å². The zero-order valence-corrected chi connectivity index (χ0v) is 17.2. The predicted molar refractivity (Wildman–Crippen MR) is 113 cm³/mol. The van der Waals surface area contributed by atoms with E-state index in [0.717, 1.165) is 42.1 Å². The Kier molecular flexibility index (Phi) is 8.62. The molecule has 1 unspecified atom stereocenters. The van der Waals surface area contributed by atoms with E-state index in [9.17, 15) is 5.11 Å². The fourth-order valence-corrected chi connectivity index (χ4v) is 2.82. The van der Waals surface area contributed by atoms with Gasteiger partial charge in [0.05, 0.1) is 26.9 Å². The Labute approximate surface area is 167 Å². The number of benzene rings is 2. The zero-order valence-electron chi connectivity index (χ0n) is 17.2. The number of hydrogen-bond acceptors (Lipinski definition) is 4. The summed E-state index contributed by atoms with van der Waals surface area (Å²) >= 11 is 0. The van der Waals surface area contributed by atoms with Crippen molar-refractivity contribution in [2.24, 2.45) is 4.99 Å². The van der Waals surface area contributed by atoms with Gasteiger partial charge in [0.15, 0.2) is 5.96 Å². The fourth-order valence-electron chi connectivity index (χ4n) is 2.82. The molecule has 6 nitrogen and oxygen atoms in total. The van der Waals surface area contributed by atoms with Crippen molar-refractivity contribution in [1.82, 2.24) is 10.6 Å². The maximum absolute atomic E-state index is 10.4. The van der Waals surface area contributed by atoms with Gasteiger partial charge in [-0.1, -0.05) is 24.3 Å². The molecule has 152 valence electrons. The van der Waals surface area contributed by atoms with Crippen LogP contribution < -0.4 is 20.1 Å². The summed E-state index contributed by atoms with van der Waals surface area (Å²) in [6.45, 7) is 5.79. The minimum absolute atomic E-state index is 0.265. The van der Waals surface area contributed by atoms with E-state index in [1.807, 2.05) is 38.1 Å². The molecule has 0 heterocycles. The summed E-state index contributed by atoms with van der Waals surface area (Å²) in [7, 11) is 3.30. The molecule has 0 spiro atoms. The molecular weight excluding hydrogens is 354 g/mol. The van der Waals surface area contributed by atoms with E-state index in [2.05, 4.69) is 33.8 Å². The van der Waals surface area contributed by atoms with E-state index < -0.39 is 6.10 Å². The summed E-state index contributed by atoms with van der Waals surface area (Å²) in [4.78, 5) is 4.50. The number of rotatable bonds is 9. The lowest BCUT2D eigenvalue weighted by molar-refractivity contribution is 0.186. The highest BCUT2D eigenvalue weighted by molar-refractivity contribution is 5.79. The molecule has 0 aliphatic heterocycles. The number of aliphatic imine (C=N–C) groups is 1. The van der Waals surface area contributed by atoms with Gasteiger partial charge in [0.25, 0.3) is 0 Å². The van der Waals surface area contributed by atoms with Gasteiger partial charge in [0.1, 0.15) is 11.5 Å². The molecule has 0 radical (unpaired) electrons. The average Bonchev–Trinajstić information content (AvgIpc) is 2.72. The van der Waals surface area contributed by atoms with Gasteiger partial charge in [-0.15, -0.1) is 0 Å². The number of guanidine groups is 1. The van der Waals surface area contributed by atoms with Gasteiger partial charge in [-0.2, -0.15) is 0 Å². The average molecular weight is 386 g/mol. The molecule has 2 rings (SSSR count). The van der Waals surface area contributed by atoms with Crippen molar-refractivity contribution < 1.29 is 14.6 Å². The van der Waals surface area contributed by atoms with Crippen molar-refractivity contribution >= 4 is 5.96 Å². The molecule has 6 heteroatoms. The van der Waals surface area contributed by atoms with Gasteiger partial charge in [-0.25, -0.2) is 0 Å². The monoisotopic (exact) mass is 385 g/mol. The maximum atomic E-state index is 10.4. The summed E-state index contributed by atoms with van der Waals surface area (Å²) in [5.41, 5.74) is 3.11. The second kappa shape index (κ2) is 11.2. The summed E-state index contributed by atoms with van der Waals surface area (Å²) in [6.07, 6.45) is 0.159. The van der Waals surface area contributed by atoms with Crippen molar-refractivity contribution in [3.05, 3.63) is 59.2 Å². The third-order valence-electron chi connectivity index (χ3n) is 4.42. The van der Waals surface area contributed by atoms with Gasteiger partial charge in [0.2, 0.25) is 0 Å². The Bertz CT molecular complexity index is 777. The number of aliphatic hydroxyl groups is 1. The van der Waals surface area contributed by atoms with Crippen LogP contribution >= 0.6 is 0 Å². The Morgan fingerprint density at radius 2 is 1.93 bits per heavy atom. The van der Waals surface area contributed by atoms with Gasteiger partial charge in [-0.05, 0) is 55.2 Å². The quantitative estimate of drug-likeness (QED) is 0.457. The van der Waals surface area contributed by atoms with Crippen molar-refractivity contribution in [1.29, 1.82) is 0 Å². The van der Waals surface area contributed by atoms with Gasteiger partial charge in [-0.3, -0.25) is 4.99 Å². The van der Waals surface area contributed by atoms with Crippen LogP contribution in [0.4, 0.5) is 0 Å². The van der Waals surface area contributed by atoms with E-state index >= 15 is 0 Å². The Morgan fingerprint density at radius 3 is 2.64 bits per heavy atom. The van der Waals surface area contributed by atoms with Crippen LogP contribution in [-0.2, 0) is 6.42 Å². The summed E-state index contributed by atoms with van der Waals surface area (Å²) in [6, 6.07) is 13.6. The standard InChI is InChI=1S/C22H31N3O3/c1-5-23-22(24-12-11-17-10-9-16(2)21(13-17)28-4)25-15-20(26)18-7-6-8-19(14-18)27-3/h6-10,13-14,20,26H,5,11-12,15H2,1-4H3,(H2,23,24,25). The largest absolute Gasteiger partial charge is 0.497 e. The van der Waals surface area contributed by atoms with Crippen LogP contribution in [0.2, 0.25) is 0 Å². The molecule has 0 fully saturated rings.